The van der Waals surface area contributed by atoms with Crippen molar-refractivity contribution >= 4 is 5.52 Å². The summed E-state index contributed by atoms with van der Waals surface area (Å²) in [7, 11) is 1.65. The number of hydrogen-bond acceptors (Lipinski definition) is 5. The zero-order valence-electron chi connectivity index (χ0n) is 21.5. The number of imidazole rings is 1. The Labute approximate surface area is 221 Å². The van der Waals surface area contributed by atoms with Crippen molar-refractivity contribution in [1.82, 2.24) is 29.0 Å². The van der Waals surface area contributed by atoms with Gasteiger partial charge in [-0.25, -0.2) is 9.18 Å². The van der Waals surface area contributed by atoms with Crippen LogP contribution in [0.3, 0.4) is 0 Å². The van der Waals surface area contributed by atoms with Crippen LogP contribution in [0.1, 0.15) is 54.9 Å². The molecule has 3 aromatic heterocycles. The number of alkyl halides is 4. The van der Waals surface area contributed by atoms with Gasteiger partial charge < -0.3 is 14.6 Å². The Morgan fingerprint density at radius 1 is 1.18 bits per heavy atom. The van der Waals surface area contributed by atoms with Crippen molar-refractivity contribution in [1.29, 1.82) is 0 Å². The lowest BCUT2D eigenvalue weighted by Gasteiger charge is -2.43. The zero-order valence-corrected chi connectivity index (χ0v) is 21.5. The Balaban J connectivity index is 1.41. The van der Waals surface area contributed by atoms with Gasteiger partial charge in [-0.05, 0) is 55.5 Å². The highest BCUT2D eigenvalue weighted by Gasteiger charge is 2.50. The molecule has 0 spiro atoms. The third-order valence-electron chi connectivity index (χ3n) is 8.18. The maximum Gasteiger partial charge on any atom is 0.418 e. The number of halogens is 4. The molecule has 1 aromatic carbocycles. The Morgan fingerprint density at radius 3 is 2.54 bits per heavy atom. The summed E-state index contributed by atoms with van der Waals surface area (Å²) in [6.45, 7) is 2.43. The van der Waals surface area contributed by atoms with Gasteiger partial charge in [-0.3, -0.25) is 8.97 Å². The summed E-state index contributed by atoms with van der Waals surface area (Å²) in [5.74, 6) is 0.141. The van der Waals surface area contributed by atoms with Gasteiger partial charge in [0.2, 0.25) is 0 Å². The molecule has 1 atom stereocenters. The molecule has 1 saturated heterocycles. The first-order chi connectivity index (χ1) is 18.5. The third-order valence-corrected chi connectivity index (χ3v) is 8.18. The molecule has 12 heteroatoms. The normalized spacial score (nSPS) is 19.0. The number of fused-ring (bicyclic) bond motifs is 1. The van der Waals surface area contributed by atoms with Crippen molar-refractivity contribution in [2.75, 3.05) is 13.2 Å². The topological polar surface area (TPSA) is 78.4 Å². The van der Waals surface area contributed by atoms with E-state index < -0.39 is 29.0 Å². The largest absolute Gasteiger partial charge is 0.418 e. The van der Waals surface area contributed by atoms with E-state index in [0.29, 0.717) is 16.8 Å². The molecule has 1 unspecified atom stereocenters. The van der Waals surface area contributed by atoms with Crippen LogP contribution in [0.4, 0.5) is 17.6 Å². The molecule has 0 amide bonds. The number of benzene rings is 1. The third kappa shape index (κ3) is 4.26. The Bertz CT molecular complexity index is 1600. The molecule has 206 valence electrons. The number of nitrogens with one attached hydrogen (secondary N) is 1. The quantitative estimate of drug-likeness (QED) is 0.352. The summed E-state index contributed by atoms with van der Waals surface area (Å²) in [6, 6.07) is 7.71. The van der Waals surface area contributed by atoms with Crippen LogP contribution in [0.5, 0.6) is 0 Å². The molecule has 4 aromatic rings. The molecule has 2 aliphatic rings. The predicted molar refractivity (Wildman–Crippen MR) is 134 cm³/mol. The van der Waals surface area contributed by atoms with Gasteiger partial charge in [0.25, 0.3) is 0 Å². The highest BCUT2D eigenvalue weighted by Crippen LogP contribution is 2.45. The fourth-order valence-corrected chi connectivity index (χ4v) is 5.47. The van der Waals surface area contributed by atoms with Gasteiger partial charge >= 0.3 is 11.9 Å². The molecule has 39 heavy (non-hydrogen) atoms. The van der Waals surface area contributed by atoms with Gasteiger partial charge in [-0.2, -0.15) is 13.2 Å². The molecular formula is C27H28F4N6O2. The first kappa shape index (κ1) is 25.8. The SMILES string of the molecule is Cn1cnnc1C(F)C1(c2cccc(-n3cc4c(C(F)(F)F)cc(CNC5(C)CCC5)cn4c3=O)c2)COC1. The molecule has 1 saturated carbocycles. The molecule has 1 aliphatic carbocycles. The molecular weight excluding hydrogens is 516 g/mol. The van der Waals surface area contributed by atoms with Crippen molar-refractivity contribution < 1.29 is 22.3 Å². The van der Waals surface area contributed by atoms with E-state index in [0.717, 1.165) is 29.7 Å². The van der Waals surface area contributed by atoms with Crippen LogP contribution in [0.15, 0.2) is 53.8 Å². The summed E-state index contributed by atoms with van der Waals surface area (Å²) in [5, 5.41) is 11.0. The van der Waals surface area contributed by atoms with Gasteiger partial charge in [0, 0.05) is 31.5 Å². The second-order valence-electron chi connectivity index (χ2n) is 10.9. The van der Waals surface area contributed by atoms with E-state index >= 15 is 4.39 Å². The standard InChI is InChI=1S/C27H28F4N6O2/c1-25(7-4-8-25)32-11-17-9-20(27(29,30)31)21-13-36(24(38)37(21)12-17)19-6-3-5-18(10-19)26(14-39-15-26)22(28)23-34-33-16-35(23)2/h3,5-6,9-10,12-13,16,22,32H,4,7-8,11,14-15H2,1-2H3. The van der Waals surface area contributed by atoms with E-state index in [1.165, 1.54) is 27.9 Å². The molecule has 8 nitrogen and oxygen atoms in total. The van der Waals surface area contributed by atoms with Crippen molar-refractivity contribution in [3.8, 4) is 5.69 Å². The smallest absolute Gasteiger partial charge is 0.379 e. The van der Waals surface area contributed by atoms with Gasteiger partial charge in [0.05, 0.1) is 35.4 Å². The maximum atomic E-state index is 15.8. The Hall–Kier alpha value is -3.51. The molecule has 0 radical (unpaired) electrons. The zero-order chi connectivity index (χ0) is 27.6. The number of ether oxygens (including phenoxy) is 1. The van der Waals surface area contributed by atoms with E-state index in [4.69, 9.17) is 4.74 Å². The highest BCUT2D eigenvalue weighted by atomic mass is 19.4. The number of rotatable bonds is 7. The number of aryl methyl sites for hydroxylation is 1. The average Bonchev–Trinajstić information content (AvgIpc) is 3.43. The monoisotopic (exact) mass is 544 g/mol. The van der Waals surface area contributed by atoms with Crippen molar-refractivity contribution in [2.45, 2.75) is 56.0 Å². The summed E-state index contributed by atoms with van der Waals surface area (Å²) in [4.78, 5) is 13.5. The molecule has 1 N–H and O–H groups in total. The van der Waals surface area contributed by atoms with Crippen LogP contribution in [0.2, 0.25) is 0 Å². The first-order valence-electron chi connectivity index (χ1n) is 12.8. The van der Waals surface area contributed by atoms with Crippen LogP contribution in [0, 0.1) is 0 Å². The first-order valence-corrected chi connectivity index (χ1v) is 12.8. The molecule has 6 rings (SSSR count). The van der Waals surface area contributed by atoms with E-state index in [9.17, 15) is 18.0 Å². The predicted octanol–water partition coefficient (Wildman–Crippen LogP) is 4.25. The lowest BCUT2D eigenvalue weighted by atomic mass is 9.74. The number of hydrogen-bond donors (Lipinski definition) is 1. The van der Waals surface area contributed by atoms with Crippen molar-refractivity contribution in [3.05, 3.63) is 82.1 Å². The van der Waals surface area contributed by atoms with E-state index in [2.05, 4.69) is 15.5 Å². The fourth-order valence-electron chi connectivity index (χ4n) is 5.47. The minimum atomic E-state index is -4.66. The van der Waals surface area contributed by atoms with Crippen molar-refractivity contribution in [3.63, 3.8) is 0 Å². The molecule has 2 fully saturated rings. The van der Waals surface area contributed by atoms with Crippen LogP contribution in [-0.2, 0) is 29.9 Å². The van der Waals surface area contributed by atoms with E-state index in [1.54, 1.807) is 31.3 Å². The Kier molecular flexibility index (Phi) is 5.96. The summed E-state index contributed by atoms with van der Waals surface area (Å²) < 4.78 is 67.2. The van der Waals surface area contributed by atoms with E-state index in [-0.39, 0.29) is 36.6 Å². The lowest BCUT2D eigenvalue weighted by molar-refractivity contribution is -0.136. The summed E-state index contributed by atoms with van der Waals surface area (Å²) in [5.41, 5.74) is -1.70. The highest BCUT2D eigenvalue weighted by molar-refractivity contribution is 5.58. The minimum absolute atomic E-state index is 0.0879. The molecule has 1 aliphatic heterocycles. The second kappa shape index (κ2) is 9.02. The Morgan fingerprint density at radius 2 is 1.95 bits per heavy atom. The van der Waals surface area contributed by atoms with Gasteiger partial charge in [-0.1, -0.05) is 12.1 Å². The number of nitrogens with zero attached hydrogens (tertiary/aromatic N) is 5. The van der Waals surface area contributed by atoms with Crippen LogP contribution in [0.25, 0.3) is 11.2 Å². The van der Waals surface area contributed by atoms with Crippen LogP contribution in [-0.4, -0.2) is 42.5 Å². The van der Waals surface area contributed by atoms with Gasteiger partial charge in [-0.15, -0.1) is 10.2 Å². The van der Waals surface area contributed by atoms with Crippen LogP contribution >= 0.6 is 0 Å². The second-order valence-corrected chi connectivity index (χ2v) is 10.9. The van der Waals surface area contributed by atoms with Crippen LogP contribution < -0.4 is 11.0 Å². The fraction of sp³-hybridized carbons (Fsp3) is 0.444. The summed E-state index contributed by atoms with van der Waals surface area (Å²) in [6.07, 6.45) is 0.840. The van der Waals surface area contributed by atoms with Crippen molar-refractivity contribution in [2.24, 2.45) is 7.05 Å². The lowest BCUT2D eigenvalue weighted by Crippen LogP contribution is -2.50. The maximum absolute atomic E-state index is 15.8. The number of aromatic nitrogens is 5. The van der Waals surface area contributed by atoms with Gasteiger partial charge in [0.1, 0.15) is 6.33 Å². The minimum Gasteiger partial charge on any atom is -0.379 e. The average molecular weight is 545 g/mol. The molecule has 0 bridgehead atoms. The van der Waals surface area contributed by atoms with Gasteiger partial charge in [0.15, 0.2) is 12.0 Å². The molecule has 4 heterocycles. The summed E-state index contributed by atoms with van der Waals surface area (Å²) >= 11 is 0. The number of pyridine rings is 1. The van der Waals surface area contributed by atoms with E-state index in [1.807, 2.05) is 6.92 Å².